The Morgan fingerprint density at radius 2 is 1.89 bits per heavy atom. The molecular formula is C28H25N3O4S. The molecule has 8 heteroatoms. The zero-order chi connectivity index (χ0) is 25.2. The van der Waals surface area contributed by atoms with Crippen molar-refractivity contribution in [2.24, 2.45) is 7.05 Å². The number of aryl methyl sites for hydroxylation is 1. The quantitative estimate of drug-likeness (QED) is 0.598. The number of fused-ring (bicyclic) bond motifs is 3. The first kappa shape index (κ1) is 22.5. The number of amides is 1. The van der Waals surface area contributed by atoms with Gasteiger partial charge in [0.05, 0.1) is 23.1 Å². The van der Waals surface area contributed by atoms with Crippen molar-refractivity contribution in [3.05, 3.63) is 105 Å². The SMILES string of the molecule is Cn1ccc2c(c1=O)C1=C3C(=CN(C(=O)c4cccc5ccccc45)C3CCN1)C=C2CS(C)(=O)=O. The molecule has 36 heavy (non-hydrogen) atoms. The van der Waals surface area contributed by atoms with Crippen LogP contribution in [-0.4, -0.2) is 48.4 Å². The topological polar surface area (TPSA) is 88.5 Å². The van der Waals surface area contributed by atoms with Gasteiger partial charge in [-0.3, -0.25) is 9.59 Å². The summed E-state index contributed by atoms with van der Waals surface area (Å²) < 4.78 is 26.2. The first-order valence-electron chi connectivity index (χ1n) is 11.8. The molecule has 1 atom stereocenters. The van der Waals surface area contributed by atoms with Crippen LogP contribution in [0.4, 0.5) is 0 Å². The summed E-state index contributed by atoms with van der Waals surface area (Å²) in [6, 6.07) is 15.0. The molecule has 3 heterocycles. The Balaban J connectivity index is 1.57. The molecule has 7 nitrogen and oxygen atoms in total. The lowest BCUT2D eigenvalue weighted by atomic mass is 9.91. The summed E-state index contributed by atoms with van der Waals surface area (Å²) in [4.78, 5) is 29.0. The molecule has 3 aliphatic rings. The van der Waals surface area contributed by atoms with Crippen LogP contribution in [0.5, 0.6) is 0 Å². The van der Waals surface area contributed by atoms with Gasteiger partial charge >= 0.3 is 0 Å². The smallest absolute Gasteiger partial charge is 0.260 e. The molecule has 0 radical (unpaired) electrons. The van der Waals surface area contributed by atoms with Gasteiger partial charge in [-0.05, 0) is 52.1 Å². The number of carbonyl (C=O) groups is 1. The van der Waals surface area contributed by atoms with E-state index in [9.17, 15) is 18.0 Å². The predicted octanol–water partition coefficient (Wildman–Crippen LogP) is 3.09. The van der Waals surface area contributed by atoms with Crippen molar-refractivity contribution in [1.29, 1.82) is 0 Å². The number of aromatic nitrogens is 1. The monoisotopic (exact) mass is 499 g/mol. The molecule has 0 fully saturated rings. The van der Waals surface area contributed by atoms with Gasteiger partial charge in [0.2, 0.25) is 0 Å². The predicted molar refractivity (Wildman–Crippen MR) is 141 cm³/mol. The van der Waals surface area contributed by atoms with Crippen LogP contribution in [0, 0.1) is 0 Å². The van der Waals surface area contributed by atoms with Crippen LogP contribution in [0.3, 0.4) is 0 Å². The van der Waals surface area contributed by atoms with Crippen LogP contribution >= 0.6 is 0 Å². The third-order valence-electron chi connectivity index (χ3n) is 7.11. The third-order valence-corrected chi connectivity index (χ3v) is 7.95. The van der Waals surface area contributed by atoms with Crippen LogP contribution in [0.15, 0.2) is 82.9 Å². The third kappa shape index (κ3) is 3.52. The fourth-order valence-corrected chi connectivity index (χ4v) is 6.36. The lowest BCUT2D eigenvalue weighted by Gasteiger charge is -2.31. The normalized spacial score (nSPS) is 18.7. The number of allylic oxidation sites excluding steroid dienone is 1. The van der Waals surface area contributed by atoms with E-state index in [1.54, 1.807) is 24.2 Å². The largest absolute Gasteiger partial charge is 0.384 e. The van der Waals surface area contributed by atoms with Crippen molar-refractivity contribution in [2.75, 3.05) is 18.6 Å². The maximum absolute atomic E-state index is 13.9. The summed E-state index contributed by atoms with van der Waals surface area (Å²) in [6.07, 6.45) is 7.17. The van der Waals surface area contributed by atoms with E-state index in [-0.39, 0.29) is 23.3 Å². The number of carbonyl (C=O) groups excluding carboxylic acids is 1. The van der Waals surface area contributed by atoms with E-state index in [0.717, 1.165) is 21.9 Å². The zero-order valence-corrected chi connectivity index (χ0v) is 20.8. The van der Waals surface area contributed by atoms with E-state index in [1.165, 1.54) is 10.8 Å². The van der Waals surface area contributed by atoms with Gasteiger partial charge in [0.1, 0.15) is 0 Å². The van der Waals surface area contributed by atoms with E-state index in [4.69, 9.17) is 0 Å². The molecule has 0 saturated heterocycles. The molecule has 1 amide bonds. The Morgan fingerprint density at radius 1 is 1.11 bits per heavy atom. The second kappa shape index (κ2) is 8.06. The van der Waals surface area contributed by atoms with Gasteiger partial charge in [0.15, 0.2) is 9.84 Å². The fourth-order valence-electron chi connectivity index (χ4n) is 5.56. The Morgan fingerprint density at radius 3 is 2.69 bits per heavy atom. The molecule has 0 spiro atoms. The van der Waals surface area contributed by atoms with Gasteiger partial charge in [-0.2, -0.15) is 0 Å². The van der Waals surface area contributed by atoms with Crippen LogP contribution in [0.1, 0.15) is 27.9 Å². The number of hydrogen-bond acceptors (Lipinski definition) is 5. The van der Waals surface area contributed by atoms with Gasteiger partial charge in [0.25, 0.3) is 11.5 Å². The number of nitrogens with zero attached hydrogens (tertiary/aromatic N) is 2. The van der Waals surface area contributed by atoms with Crippen LogP contribution < -0.4 is 10.9 Å². The van der Waals surface area contributed by atoms with Gasteiger partial charge < -0.3 is 14.8 Å². The molecule has 182 valence electrons. The van der Waals surface area contributed by atoms with Gasteiger partial charge in [0, 0.05) is 43.4 Å². The number of benzene rings is 2. The Kier molecular flexibility index (Phi) is 5.05. The number of rotatable bonds is 3. The van der Waals surface area contributed by atoms with Gasteiger partial charge in [-0.15, -0.1) is 0 Å². The maximum Gasteiger partial charge on any atom is 0.260 e. The number of nitrogens with one attached hydrogen (secondary N) is 1. The van der Waals surface area contributed by atoms with Crippen molar-refractivity contribution in [3.8, 4) is 0 Å². The summed E-state index contributed by atoms with van der Waals surface area (Å²) in [5.74, 6) is -0.321. The highest BCUT2D eigenvalue weighted by Gasteiger charge is 2.40. The van der Waals surface area contributed by atoms with E-state index >= 15 is 0 Å². The standard InChI is InChI=1S/C28H25N3O4S/c1-30-13-11-21-19(16-36(2,34)35)14-18-15-31(23-10-12-29-26(24(18)23)25(21)28(30)33)27(32)22-9-5-7-17-6-3-4-8-20(17)22/h3-9,11,13-15,23,29H,10,12,16H2,1-2H3. The molecule has 6 rings (SSSR count). The molecule has 1 aromatic heterocycles. The average molecular weight is 500 g/mol. The van der Waals surface area contributed by atoms with E-state index in [0.29, 0.717) is 40.9 Å². The highest BCUT2D eigenvalue weighted by atomic mass is 32.2. The molecule has 0 bridgehead atoms. The summed E-state index contributed by atoms with van der Waals surface area (Å²) in [7, 11) is -1.70. The number of sulfone groups is 1. The second-order valence-electron chi connectivity index (χ2n) is 9.60. The van der Waals surface area contributed by atoms with Crippen LogP contribution in [0.25, 0.3) is 22.0 Å². The molecule has 0 saturated carbocycles. The van der Waals surface area contributed by atoms with Crippen molar-refractivity contribution in [1.82, 2.24) is 14.8 Å². The zero-order valence-electron chi connectivity index (χ0n) is 20.0. The molecule has 1 unspecified atom stereocenters. The molecule has 3 aromatic rings. The minimum absolute atomic E-state index is 0.120. The first-order valence-corrected chi connectivity index (χ1v) is 13.9. The molecule has 2 aliphatic heterocycles. The van der Waals surface area contributed by atoms with Crippen molar-refractivity contribution >= 4 is 37.8 Å². The maximum atomic E-state index is 13.9. The first-order chi connectivity index (χ1) is 17.2. The van der Waals surface area contributed by atoms with Gasteiger partial charge in [-0.1, -0.05) is 36.4 Å². The van der Waals surface area contributed by atoms with Crippen LogP contribution in [0.2, 0.25) is 0 Å². The lowest BCUT2D eigenvalue weighted by Crippen LogP contribution is -2.41. The van der Waals surface area contributed by atoms with Gasteiger partial charge in [-0.25, -0.2) is 8.42 Å². The highest BCUT2D eigenvalue weighted by Crippen LogP contribution is 2.43. The number of hydrogen-bond donors (Lipinski definition) is 1. The van der Waals surface area contributed by atoms with E-state index < -0.39 is 9.84 Å². The number of pyridine rings is 1. The minimum atomic E-state index is -3.38. The summed E-state index contributed by atoms with van der Waals surface area (Å²) in [6.45, 7) is 0.586. The van der Waals surface area contributed by atoms with Crippen LogP contribution in [-0.2, 0) is 16.9 Å². The summed E-state index contributed by atoms with van der Waals surface area (Å²) in [5.41, 5.74) is 4.32. The Bertz CT molecular complexity index is 1720. The van der Waals surface area contributed by atoms with Crippen molar-refractivity contribution in [2.45, 2.75) is 12.5 Å². The Labute approximate surface area is 209 Å². The van der Waals surface area contributed by atoms with E-state index in [2.05, 4.69) is 5.32 Å². The van der Waals surface area contributed by atoms with Crippen molar-refractivity contribution in [3.63, 3.8) is 0 Å². The molecule has 1 N–H and O–H groups in total. The van der Waals surface area contributed by atoms with Crippen molar-refractivity contribution < 1.29 is 13.2 Å². The second-order valence-corrected chi connectivity index (χ2v) is 11.7. The highest BCUT2D eigenvalue weighted by molar-refractivity contribution is 7.91. The lowest BCUT2D eigenvalue weighted by molar-refractivity contribution is 0.0795. The summed E-state index contributed by atoms with van der Waals surface area (Å²) >= 11 is 0. The Hall–Kier alpha value is -3.91. The minimum Gasteiger partial charge on any atom is -0.384 e. The molecular weight excluding hydrogens is 474 g/mol. The molecule has 1 aliphatic carbocycles. The fraction of sp³-hybridized carbons (Fsp3) is 0.214. The van der Waals surface area contributed by atoms with E-state index in [1.807, 2.05) is 54.7 Å². The summed E-state index contributed by atoms with van der Waals surface area (Å²) in [5, 5.41) is 5.27. The molecule has 2 aromatic carbocycles. The average Bonchev–Trinajstić information content (AvgIpc) is 3.16.